The van der Waals surface area contributed by atoms with E-state index in [9.17, 15) is 0 Å². The summed E-state index contributed by atoms with van der Waals surface area (Å²) in [5.41, 5.74) is 0.150. The Morgan fingerprint density at radius 2 is 1.75 bits per heavy atom. The second-order valence-corrected chi connectivity index (χ2v) is 5.40. The van der Waals surface area contributed by atoms with E-state index in [0.717, 1.165) is 38.9 Å². The second-order valence-electron chi connectivity index (χ2n) is 5.40. The van der Waals surface area contributed by atoms with Crippen LogP contribution in [-0.2, 0) is 9.47 Å². The highest BCUT2D eigenvalue weighted by molar-refractivity contribution is 4.96. The van der Waals surface area contributed by atoms with Gasteiger partial charge in [-0.2, -0.15) is 0 Å². The quantitative estimate of drug-likeness (QED) is 0.751. The molecule has 1 spiro atoms. The van der Waals surface area contributed by atoms with Gasteiger partial charge in [-0.3, -0.25) is 0 Å². The van der Waals surface area contributed by atoms with Crippen LogP contribution in [0.2, 0.25) is 0 Å². The third-order valence-corrected chi connectivity index (χ3v) is 4.29. The van der Waals surface area contributed by atoms with Crippen LogP contribution in [0.5, 0.6) is 0 Å². The summed E-state index contributed by atoms with van der Waals surface area (Å²) in [7, 11) is 0. The van der Waals surface area contributed by atoms with Crippen LogP contribution in [0.15, 0.2) is 0 Å². The summed E-state index contributed by atoms with van der Waals surface area (Å²) >= 11 is 0. The van der Waals surface area contributed by atoms with E-state index in [2.05, 4.69) is 6.92 Å². The van der Waals surface area contributed by atoms with Gasteiger partial charge < -0.3 is 14.6 Å². The molecule has 2 fully saturated rings. The van der Waals surface area contributed by atoms with Crippen molar-refractivity contribution in [3.63, 3.8) is 0 Å². The van der Waals surface area contributed by atoms with Crippen LogP contribution in [-0.4, -0.2) is 30.7 Å². The summed E-state index contributed by atoms with van der Waals surface area (Å²) in [6.07, 6.45) is 7.81. The van der Waals surface area contributed by atoms with E-state index in [1.54, 1.807) is 0 Å². The highest BCUT2D eigenvalue weighted by Gasteiger charge is 2.53. The van der Waals surface area contributed by atoms with Crippen LogP contribution in [0.1, 0.15) is 51.9 Å². The highest BCUT2D eigenvalue weighted by Crippen LogP contribution is 2.51. The molecular formula is C13H24O3. The third kappa shape index (κ3) is 2.13. The molecule has 16 heavy (non-hydrogen) atoms. The van der Waals surface area contributed by atoms with Crippen molar-refractivity contribution in [2.75, 3.05) is 19.8 Å². The molecule has 0 amide bonds. The molecule has 1 atom stereocenters. The second kappa shape index (κ2) is 5.03. The van der Waals surface area contributed by atoms with Gasteiger partial charge in [0, 0.05) is 18.4 Å². The first-order chi connectivity index (χ1) is 7.72. The number of aliphatic hydroxyl groups excluding tert-OH is 1. The fraction of sp³-hybridized carbons (Fsp3) is 1.00. The lowest BCUT2D eigenvalue weighted by atomic mass is 9.67. The van der Waals surface area contributed by atoms with Crippen molar-refractivity contribution in [3.8, 4) is 0 Å². The van der Waals surface area contributed by atoms with Gasteiger partial charge in [0.25, 0.3) is 0 Å². The smallest absolute Gasteiger partial charge is 0.173 e. The van der Waals surface area contributed by atoms with Gasteiger partial charge in [0.05, 0.1) is 13.2 Å². The van der Waals surface area contributed by atoms with Crippen molar-refractivity contribution in [1.82, 2.24) is 0 Å². The molecule has 0 aromatic heterocycles. The van der Waals surface area contributed by atoms with Crippen LogP contribution in [0.4, 0.5) is 0 Å². The first-order valence-corrected chi connectivity index (χ1v) is 6.61. The minimum atomic E-state index is -0.305. The molecule has 0 aromatic carbocycles. The Bertz CT molecular complexity index is 223. The molecule has 1 heterocycles. The van der Waals surface area contributed by atoms with E-state index in [4.69, 9.17) is 14.6 Å². The van der Waals surface area contributed by atoms with E-state index in [0.29, 0.717) is 6.61 Å². The van der Waals surface area contributed by atoms with Crippen LogP contribution in [0.25, 0.3) is 0 Å². The largest absolute Gasteiger partial charge is 0.396 e. The Balaban J connectivity index is 2.02. The zero-order valence-corrected chi connectivity index (χ0v) is 10.3. The van der Waals surface area contributed by atoms with Crippen molar-refractivity contribution in [2.45, 2.75) is 57.7 Å². The maximum atomic E-state index is 8.87. The molecule has 0 radical (unpaired) electrons. The van der Waals surface area contributed by atoms with E-state index in [1.165, 1.54) is 19.3 Å². The Morgan fingerprint density at radius 3 is 2.44 bits per heavy atom. The first kappa shape index (κ1) is 12.3. The van der Waals surface area contributed by atoms with Crippen molar-refractivity contribution in [1.29, 1.82) is 0 Å². The lowest BCUT2D eigenvalue weighted by molar-refractivity contribution is -0.253. The maximum Gasteiger partial charge on any atom is 0.173 e. The van der Waals surface area contributed by atoms with E-state index < -0.39 is 0 Å². The van der Waals surface area contributed by atoms with Crippen molar-refractivity contribution in [3.05, 3.63) is 0 Å². The van der Waals surface area contributed by atoms with Gasteiger partial charge in [-0.25, -0.2) is 0 Å². The van der Waals surface area contributed by atoms with Gasteiger partial charge in [0.15, 0.2) is 5.79 Å². The zero-order chi connectivity index (χ0) is 11.5. The number of rotatable bonds is 4. The standard InChI is InChI=1S/C13H24O3/c1-12(7-4-5-9-14)6-2-3-8-13(12)15-10-11-16-13/h14H,2-11H2,1H3. The Kier molecular flexibility index (Phi) is 3.88. The summed E-state index contributed by atoms with van der Waals surface area (Å²) in [5, 5.41) is 8.87. The lowest BCUT2D eigenvalue weighted by Crippen LogP contribution is -2.49. The summed E-state index contributed by atoms with van der Waals surface area (Å²) in [5.74, 6) is -0.305. The zero-order valence-electron chi connectivity index (χ0n) is 10.3. The van der Waals surface area contributed by atoms with Gasteiger partial charge in [0.1, 0.15) is 0 Å². The van der Waals surface area contributed by atoms with Crippen molar-refractivity contribution in [2.24, 2.45) is 5.41 Å². The monoisotopic (exact) mass is 228 g/mol. The fourth-order valence-corrected chi connectivity index (χ4v) is 3.26. The molecule has 94 valence electrons. The number of unbranched alkanes of at least 4 members (excludes halogenated alkanes) is 1. The van der Waals surface area contributed by atoms with Gasteiger partial charge in [-0.1, -0.05) is 19.8 Å². The molecule has 2 aliphatic rings. The number of ether oxygens (including phenoxy) is 2. The molecule has 1 aliphatic carbocycles. The maximum absolute atomic E-state index is 8.87. The predicted octanol–water partition coefficient (Wildman–Crippen LogP) is 2.47. The Labute approximate surface area is 98.1 Å². The predicted molar refractivity (Wildman–Crippen MR) is 62.1 cm³/mol. The summed E-state index contributed by atoms with van der Waals surface area (Å²) in [6, 6.07) is 0. The van der Waals surface area contributed by atoms with E-state index in [1.807, 2.05) is 0 Å². The molecule has 3 nitrogen and oxygen atoms in total. The van der Waals surface area contributed by atoms with Crippen molar-refractivity contribution < 1.29 is 14.6 Å². The molecule has 1 saturated heterocycles. The SMILES string of the molecule is CC1(CCCCO)CCCCC12OCCO2. The van der Waals surface area contributed by atoms with Crippen LogP contribution in [0.3, 0.4) is 0 Å². The third-order valence-electron chi connectivity index (χ3n) is 4.29. The number of aliphatic hydroxyl groups is 1. The minimum absolute atomic E-state index is 0.150. The molecule has 1 aliphatic heterocycles. The lowest BCUT2D eigenvalue weighted by Gasteiger charge is -2.48. The Morgan fingerprint density at radius 1 is 1.06 bits per heavy atom. The molecule has 1 saturated carbocycles. The topological polar surface area (TPSA) is 38.7 Å². The summed E-state index contributed by atoms with van der Waals surface area (Å²) < 4.78 is 11.9. The molecule has 1 unspecified atom stereocenters. The summed E-state index contributed by atoms with van der Waals surface area (Å²) in [4.78, 5) is 0. The molecular weight excluding hydrogens is 204 g/mol. The number of hydrogen-bond acceptors (Lipinski definition) is 3. The summed E-state index contributed by atoms with van der Waals surface area (Å²) in [6.45, 7) is 4.09. The van der Waals surface area contributed by atoms with Crippen LogP contribution < -0.4 is 0 Å². The molecule has 0 bridgehead atoms. The van der Waals surface area contributed by atoms with Crippen LogP contribution in [0, 0.1) is 5.41 Å². The normalized spacial score (nSPS) is 33.4. The van der Waals surface area contributed by atoms with Crippen LogP contribution >= 0.6 is 0 Å². The molecule has 0 aromatic rings. The first-order valence-electron chi connectivity index (χ1n) is 6.61. The average molecular weight is 228 g/mol. The fourth-order valence-electron chi connectivity index (χ4n) is 3.26. The van der Waals surface area contributed by atoms with Gasteiger partial charge in [-0.05, 0) is 25.7 Å². The van der Waals surface area contributed by atoms with Crippen molar-refractivity contribution >= 4 is 0 Å². The minimum Gasteiger partial charge on any atom is -0.396 e. The molecule has 2 rings (SSSR count). The van der Waals surface area contributed by atoms with Gasteiger partial charge >= 0.3 is 0 Å². The molecule has 3 heteroatoms. The number of hydrogen-bond donors (Lipinski definition) is 1. The Hall–Kier alpha value is -0.120. The van der Waals surface area contributed by atoms with Gasteiger partial charge in [-0.15, -0.1) is 0 Å². The van der Waals surface area contributed by atoms with Gasteiger partial charge in [0.2, 0.25) is 0 Å². The van der Waals surface area contributed by atoms with E-state index in [-0.39, 0.29) is 11.2 Å². The highest BCUT2D eigenvalue weighted by atomic mass is 16.7. The molecule has 1 N–H and O–H groups in total. The van der Waals surface area contributed by atoms with E-state index >= 15 is 0 Å². The average Bonchev–Trinajstić information content (AvgIpc) is 2.74.